The largest absolute Gasteiger partial charge is 0.378 e. The maximum absolute atomic E-state index is 12.3. The fourth-order valence-corrected chi connectivity index (χ4v) is 3.53. The topological polar surface area (TPSA) is 117 Å². The van der Waals surface area contributed by atoms with E-state index in [2.05, 4.69) is 10.3 Å². The number of carbonyl (C=O) groups is 1. The van der Waals surface area contributed by atoms with E-state index in [0.29, 0.717) is 5.01 Å². The predicted octanol–water partition coefficient (Wildman–Crippen LogP) is 3.09. The molecule has 8 heteroatoms. The molecular weight excluding hydrogens is 384 g/mol. The molecule has 0 fully saturated rings. The average molecular weight is 398 g/mol. The standard InChI is InChI=1S/C21H14N6OS/c1-27(2)15-6-3-13(4-7-15)5-8-16-12-25-21(29-16)18-17(11-24)19(26-20(18)28)14(9-22)10-23/h3-8,12H,1-2H3,(H,26,28)/b8-5+. The Balaban J connectivity index is 1.91. The van der Waals surface area contributed by atoms with Crippen molar-refractivity contribution in [1.29, 1.82) is 15.8 Å². The van der Waals surface area contributed by atoms with E-state index in [1.54, 1.807) is 18.3 Å². The average Bonchev–Trinajstić information content (AvgIpc) is 3.31. The molecule has 0 saturated heterocycles. The minimum Gasteiger partial charge on any atom is -0.378 e. The zero-order chi connectivity index (χ0) is 21.0. The van der Waals surface area contributed by atoms with Crippen LogP contribution in [0, 0.1) is 34.0 Å². The SMILES string of the molecule is CN(C)c1ccc(/C=C/c2cnc(C3=C(C#N)C(=C(C#N)C#N)NC3=O)s2)cc1. The molecule has 0 spiro atoms. The van der Waals surface area contributed by atoms with Gasteiger partial charge in [0, 0.05) is 30.9 Å². The summed E-state index contributed by atoms with van der Waals surface area (Å²) in [5.74, 6) is -0.552. The highest BCUT2D eigenvalue weighted by molar-refractivity contribution is 7.14. The first-order chi connectivity index (χ1) is 14.0. The fraction of sp³-hybridized carbons (Fsp3) is 0.0952. The van der Waals surface area contributed by atoms with Crippen LogP contribution in [0.4, 0.5) is 5.69 Å². The smallest absolute Gasteiger partial charge is 0.260 e. The first-order valence-electron chi connectivity index (χ1n) is 8.40. The molecular formula is C21H14N6OS. The maximum Gasteiger partial charge on any atom is 0.260 e. The van der Waals surface area contributed by atoms with Gasteiger partial charge in [-0.25, -0.2) is 4.98 Å². The first kappa shape index (κ1) is 19.6. The number of anilines is 1. The van der Waals surface area contributed by atoms with Crippen molar-refractivity contribution in [1.82, 2.24) is 10.3 Å². The summed E-state index contributed by atoms with van der Waals surface area (Å²) >= 11 is 1.24. The lowest BCUT2D eigenvalue weighted by Crippen LogP contribution is -2.17. The highest BCUT2D eigenvalue weighted by Gasteiger charge is 2.32. The van der Waals surface area contributed by atoms with Gasteiger partial charge < -0.3 is 10.2 Å². The quantitative estimate of drug-likeness (QED) is 0.791. The molecule has 1 aromatic carbocycles. The monoisotopic (exact) mass is 398 g/mol. The van der Waals surface area contributed by atoms with Crippen LogP contribution in [0.5, 0.6) is 0 Å². The summed E-state index contributed by atoms with van der Waals surface area (Å²) < 4.78 is 0. The molecule has 0 unspecified atom stereocenters. The zero-order valence-corrected chi connectivity index (χ0v) is 16.4. The molecule has 0 bridgehead atoms. The molecule has 1 aliphatic heterocycles. The number of aromatic nitrogens is 1. The minimum absolute atomic E-state index is 0.0442. The number of hydrogen-bond donors (Lipinski definition) is 1. The molecule has 0 aliphatic carbocycles. The Morgan fingerprint density at radius 3 is 2.41 bits per heavy atom. The van der Waals surface area contributed by atoms with Crippen molar-refractivity contribution in [2.24, 2.45) is 0 Å². The van der Waals surface area contributed by atoms with Gasteiger partial charge in [0.15, 0.2) is 5.57 Å². The van der Waals surface area contributed by atoms with E-state index in [1.165, 1.54) is 11.3 Å². The van der Waals surface area contributed by atoms with Crippen molar-refractivity contribution >= 4 is 40.7 Å². The van der Waals surface area contributed by atoms with Gasteiger partial charge >= 0.3 is 0 Å². The van der Waals surface area contributed by atoms with E-state index < -0.39 is 5.91 Å². The van der Waals surface area contributed by atoms with E-state index in [4.69, 9.17) is 10.5 Å². The molecule has 0 saturated carbocycles. The van der Waals surface area contributed by atoms with Crippen LogP contribution < -0.4 is 10.2 Å². The lowest BCUT2D eigenvalue weighted by Gasteiger charge is -2.11. The van der Waals surface area contributed by atoms with Crippen LogP contribution in [-0.2, 0) is 4.79 Å². The Labute approximate surface area is 171 Å². The van der Waals surface area contributed by atoms with Gasteiger partial charge in [0.05, 0.1) is 16.8 Å². The first-order valence-corrected chi connectivity index (χ1v) is 9.22. The summed E-state index contributed by atoms with van der Waals surface area (Å²) in [6.07, 6.45) is 5.41. The molecule has 1 N–H and O–H groups in total. The second-order valence-electron chi connectivity index (χ2n) is 6.18. The predicted molar refractivity (Wildman–Crippen MR) is 111 cm³/mol. The summed E-state index contributed by atoms with van der Waals surface area (Å²) in [6.45, 7) is 0. The summed E-state index contributed by atoms with van der Waals surface area (Å²) in [7, 11) is 3.95. The number of nitrogens with one attached hydrogen (secondary N) is 1. The van der Waals surface area contributed by atoms with Crippen LogP contribution in [0.3, 0.4) is 0 Å². The molecule has 140 valence electrons. The Morgan fingerprint density at radius 1 is 1.14 bits per heavy atom. The molecule has 1 aliphatic rings. The van der Waals surface area contributed by atoms with Gasteiger partial charge in [-0.2, -0.15) is 15.8 Å². The van der Waals surface area contributed by atoms with Crippen molar-refractivity contribution in [2.45, 2.75) is 0 Å². The maximum atomic E-state index is 12.3. The molecule has 2 aromatic rings. The van der Waals surface area contributed by atoms with E-state index in [-0.39, 0.29) is 22.4 Å². The van der Waals surface area contributed by atoms with Crippen molar-refractivity contribution in [2.75, 3.05) is 19.0 Å². The van der Waals surface area contributed by atoms with Crippen LogP contribution >= 0.6 is 11.3 Å². The van der Waals surface area contributed by atoms with Gasteiger partial charge in [-0.05, 0) is 23.8 Å². The van der Waals surface area contributed by atoms with E-state index in [1.807, 2.05) is 61.5 Å². The minimum atomic E-state index is -0.552. The van der Waals surface area contributed by atoms with Gasteiger partial charge in [0.25, 0.3) is 5.91 Å². The Hall–Kier alpha value is -4.19. The molecule has 7 nitrogen and oxygen atoms in total. The molecule has 2 heterocycles. The number of amides is 1. The summed E-state index contributed by atoms with van der Waals surface area (Å²) in [5, 5.41) is 30.3. The lowest BCUT2D eigenvalue weighted by atomic mass is 10.1. The van der Waals surface area contributed by atoms with Gasteiger partial charge in [-0.3, -0.25) is 4.79 Å². The number of nitriles is 3. The van der Waals surface area contributed by atoms with Gasteiger partial charge in [0.1, 0.15) is 23.2 Å². The van der Waals surface area contributed by atoms with Crippen molar-refractivity contribution in [3.05, 3.63) is 62.8 Å². The van der Waals surface area contributed by atoms with E-state index in [0.717, 1.165) is 16.1 Å². The molecule has 1 aromatic heterocycles. The van der Waals surface area contributed by atoms with Crippen LogP contribution in [-0.4, -0.2) is 25.0 Å². The van der Waals surface area contributed by atoms with Crippen molar-refractivity contribution < 1.29 is 4.79 Å². The third-order valence-corrected chi connectivity index (χ3v) is 5.12. The Kier molecular flexibility index (Phi) is 5.55. The normalized spacial score (nSPS) is 13.1. The van der Waals surface area contributed by atoms with E-state index >= 15 is 0 Å². The lowest BCUT2D eigenvalue weighted by molar-refractivity contribution is -0.114. The fourth-order valence-electron chi connectivity index (χ4n) is 2.66. The van der Waals surface area contributed by atoms with Crippen molar-refractivity contribution in [3.63, 3.8) is 0 Å². The summed E-state index contributed by atoms with van der Waals surface area (Å²) in [5.41, 5.74) is 1.76. The second-order valence-corrected chi connectivity index (χ2v) is 7.24. The highest BCUT2D eigenvalue weighted by Crippen LogP contribution is 2.33. The van der Waals surface area contributed by atoms with Crippen LogP contribution in [0.2, 0.25) is 0 Å². The molecule has 0 radical (unpaired) electrons. The molecule has 29 heavy (non-hydrogen) atoms. The third-order valence-electron chi connectivity index (χ3n) is 4.14. The van der Waals surface area contributed by atoms with Crippen molar-refractivity contribution in [3.8, 4) is 18.2 Å². The highest BCUT2D eigenvalue weighted by atomic mass is 32.1. The third kappa shape index (κ3) is 3.91. The number of allylic oxidation sites excluding steroid dienone is 2. The number of nitrogens with zero attached hydrogens (tertiary/aromatic N) is 5. The van der Waals surface area contributed by atoms with Gasteiger partial charge in [-0.15, -0.1) is 11.3 Å². The van der Waals surface area contributed by atoms with Gasteiger partial charge in [0.2, 0.25) is 0 Å². The summed E-state index contributed by atoms with van der Waals surface area (Å²) in [6, 6.07) is 13.3. The Bertz CT molecular complexity index is 1180. The number of thiazole rings is 1. The number of benzene rings is 1. The second kappa shape index (κ2) is 8.22. The molecule has 3 rings (SSSR count). The number of carbonyl (C=O) groups excluding carboxylic acids is 1. The van der Waals surface area contributed by atoms with Crippen LogP contribution in [0.1, 0.15) is 15.4 Å². The van der Waals surface area contributed by atoms with Crippen LogP contribution in [0.25, 0.3) is 17.7 Å². The molecule has 1 amide bonds. The van der Waals surface area contributed by atoms with E-state index in [9.17, 15) is 10.1 Å². The van der Waals surface area contributed by atoms with Crippen LogP contribution in [0.15, 0.2) is 47.3 Å². The zero-order valence-electron chi connectivity index (χ0n) is 15.6. The van der Waals surface area contributed by atoms with Gasteiger partial charge in [-0.1, -0.05) is 18.2 Å². The Morgan fingerprint density at radius 2 is 1.83 bits per heavy atom. The molecule has 0 atom stereocenters. The number of hydrogen-bond acceptors (Lipinski definition) is 7. The number of rotatable bonds is 4. The summed E-state index contributed by atoms with van der Waals surface area (Å²) in [4.78, 5) is 19.4.